The molecule has 0 aliphatic carbocycles. The lowest BCUT2D eigenvalue weighted by molar-refractivity contribution is -0.385. The van der Waals surface area contributed by atoms with E-state index in [1.807, 2.05) is 6.07 Å². The van der Waals surface area contributed by atoms with Gasteiger partial charge in [0.05, 0.1) is 4.92 Å². The average molecular weight is 425 g/mol. The van der Waals surface area contributed by atoms with Gasteiger partial charge in [0.2, 0.25) is 5.82 Å². The number of benzene rings is 2. The zero-order chi connectivity index (χ0) is 22.2. The van der Waals surface area contributed by atoms with Crippen molar-refractivity contribution < 1.29 is 23.8 Å². The van der Waals surface area contributed by atoms with Gasteiger partial charge in [0.1, 0.15) is 5.75 Å². The van der Waals surface area contributed by atoms with E-state index >= 15 is 0 Å². The molecule has 11 heteroatoms. The van der Waals surface area contributed by atoms with Crippen LogP contribution in [0.3, 0.4) is 0 Å². The number of rotatable bonds is 9. The van der Waals surface area contributed by atoms with Gasteiger partial charge < -0.3 is 19.9 Å². The third-order valence-corrected chi connectivity index (χ3v) is 4.21. The molecule has 0 fully saturated rings. The topological polar surface area (TPSA) is 149 Å². The van der Waals surface area contributed by atoms with Crippen LogP contribution >= 0.6 is 0 Å². The predicted octanol–water partition coefficient (Wildman–Crippen LogP) is 1.88. The molecule has 0 radical (unpaired) electrons. The average Bonchev–Trinajstić information content (AvgIpc) is 3.26. The molecule has 1 heterocycles. The third-order valence-electron chi connectivity index (χ3n) is 4.21. The molecule has 0 saturated heterocycles. The zero-order valence-electron chi connectivity index (χ0n) is 16.5. The van der Waals surface area contributed by atoms with Crippen LogP contribution in [-0.2, 0) is 4.79 Å². The quantitative estimate of drug-likeness (QED) is 0.300. The molecule has 2 N–H and O–H groups in total. The molecule has 1 aromatic heterocycles. The number of nitro benzene ring substituents is 1. The maximum absolute atomic E-state index is 12.2. The first-order chi connectivity index (χ1) is 15.0. The highest BCUT2D eigenvalue weighted by Gasteiger charge is 2.20. The number of aromatic nitrogens is 2. The summed E-state index contributed by atoms with van der Waals surface area (Å²) in [7, 11) is 0. The second-order valence-electron chi connectivity index (χ2n) is 6.34. The van der Waals surface area contributed by atoms with Gasteiger partial charge in [0.25, 0.3) is 11.6 Å². The molecule has 160 valence electrons. The molecular weight excluding hydrogens is 406 g/mol. The van der Waals surface area contributed by atoms with E-state index in [9.17, 15) is 19.7 Å². The van der Waals surface area contributed by atoms with Crippen molar-refractivity contribution >= 4 is 17.5 Å². The molecule has 3 rings (SSSR count). The molecule has 11 nitrogen and oxygen atoms in total. The van der Waals surface area contributed by atoms with Gasteiger partial charge in [0.15, 0.2) is 6.61 Å². The van der Waals surface area contributed by atoms with Gasteiger partial charge in [-0.25, -0.2) is 0 Å². The molecule has 0 saturated carbocycles. The van der Waals surface area contributed by atoms with Gasteiger partial charge in [-0.05, 0) is 19.1 Å². The first-order valence-corrected chi connectivity index (χ1v) is 9.26. The fourth-order valence-electron chi connectivity index (χ4n) is 2.66. The molecule has 0 bridgehead atoms. The van der Waals surface area contributed by atoms with Crippen LogP contribution < -0.4 is 15.4 Å². The maximum atomic E-state index is 12.2. The van der Waals surface area contributed by atoms with E-state index in [2.05, 4.69) is 20.8 Å². The summed E-state index contributed by atoms with van der Waals surface area (Å²) in [5, 5.41) is 19.9. The van der Waals surface area contributed by atoms with Crippen LogP contribution in [0.25, 0.3) is 11.4 Å². The number of amides is 2. The Bertz CT molecular complexity index is 1080. The molecule has 0 aliphatic rings. The predicted molar refractivity (Wildman–Crippen MR) is 108 cm³/mol. The Morgan fingerprint density at radius 2 is 1.84 bits per heavy atom. The third kappa shape index (κ3) is 5.63. The van der Waals surface area contributed by atoms with Gasteiger partial charge in [0, 0.05) is 30.3 Å². The fourth-order valence-corrected chi connectivity index (χ4v) is 2.66. The van der Waals surface area contributed by atoms with Gasteiger partial charge in [-0.1, -0.05) is 35.5 Å². The number of ether oxygens (including phenoxy) is 1. The van der Waals surface area contributed by atoms with Crippen LogP contribution in [0.15, 0.2) is 53.1 Å². The molecule has 0 unspecified atom stereocenters. The van der Waals surface area contributed by atoms with Crippen molar-refractivity contribution in [2.75, 3.05) is 19.7 Å². The number of nitrogens with one attached hydrogen (secondary N) is 2. The minimum atomic E-state index is -0.628. The van der Waals surface area contributed by atoms with Crippen LogP contribution in [0, 0.1) is 17.0 Å². The van der Waals surface area contributed by atoms with Crippen molar-refractivity contribution in [1.82, 2.24) is 20.8 Å². The Morgan fingerprint density at radius 1 is 1.10 bits per heavy atom. The van der Waals surface area contributed by atoms with Crippen LogP contribution in [0.5, 0.6) is 5.75 Å². The first-order valence-electron chi connectivity index (χ1n) is 9.26. The van der Waals surface area contributed by atoms with Crippen molar-refractivity contribution in [3.63, 3.8) is 0 Å². The summed E-state index contributed by atoms with van der Waals surface area (Å²) in [6.45, 7) is 1.72. The number of carbonyl (C=O) groups excluding carboxylic acids is 2. The van der Waals surface area contributed by atoms with E-state index < -0.39 is 10.8 Å². The van der Waals surface area contributed by atoms with E-state index in [1.165, 1.54) is 12.1 Å². The summed E-state index contributed by atoms with van der Waals surface area (Å²) in [4.78, 5) is 38.5. The van der Waals surface area contributed by atoms with Crippen molar-refractivity contribution in [2.45, 2.75) is 6.92 Å². The summed E-state index contributed by atoms with van der Waals surface area (Å²) in [6, 6.07) is 13.4. The summed E-state index contributed by atoms with van der Waals surface area (Å²) in [6.07, 6.45) is 0. The molecule has 31 heavy (non-hydrogen) atoms. The van der Waals surface area contributed by atoms with Crippen LogP contribution in [0.2, 0.25) is 0 Å². The Labute approximate surface area is 176 Å². The van der Waals surface area contributed by atoms with E-state index in [0.29, 0.717) is 16.9 Å². The molecule has 0 spiro atoms. The molecule has 2 aromatic carbocycles. The van der Waals surface area contributed by atoms with E-state index in [4.69, 9.17) is 9.26 Å². The summed E-state index contributed by atoms with van der Waals surface area (Å²) in [5.41, 5.74) is 0.670. The Kier molecular flexibility index (Phi) is 6.89. The van der Waals surface area contributed by atoms with Crippen molar-refractivity contribution in [3.05, 3.63) is 70.1 Å². The van der Waals surface area contributed by atoms with Gasteiger partial charge >= 0.3 is 11.8 Å². The number of nitro groups is 1. The van der Waals surface area contributed by atoms with Gasteiger partial charge in [-0.15, -0.1) is 0 Å². The SMILES string of the molecule is Cc1c(-c2noc(C(=O)NCCNC(=O)COc3ccccc3)n2)cccc1[N+](=O)[O-]. The second kappa shape index (κ2) is 9.96. The Morgan fingerprint density at radius 3 is 2.58 bits per heavy atom. The number of para-hydroxylation sites is 1. The lowest BCUT2D eigenvalue weighted by Gasteiger charge is -2.07. The highest BCUT2D eigenvalue weighted by atomic mass is 16.6. The molecule has 3 aromatic rings. The van der Waals surface area contributed by atoms with Crippen molar-refractivity contribution in [1.29, 1.82) is 0 Å². The first kappa shape index (κ1) is 21.4. The molecule has 0 aliphatic heterocycles. The monoisotopic (exact) mass is 425 g/mol. The van der Waals surface area contributed by atoms with Crippen molar-refractivity contribution in [3.8, 4) is 17.1 Å². The zero-order valence-corrected chi connectivity index (χ0v) is 16.5. The Balaban J connectivity index is 1.47. The summed E-state index contributed by atoms with van der Waals surface area (Å²) >= 11 is 0. The lowest BCUT2D eigenvalue weighted by Crippen LogP contribution is -2.36. The number of carbonyl (C=O) groups is 2. The number of nitrogens with zero attached hydrogens (tertiary/aromatic N) is 3. The Hall–Kier alpha value is -4.28. The lowest BCUT2D eigenvalue weighted by atomic mass is 10.1. The maximum Gasteiger partial charge on any atom is 0.316 e. The minimum Gasteiger partial charge on any atom is -0.484 e. The number of hydrogen-bond donors (Lipinski definition) is 2. The van der Waals surface area contributed by atoms with E-state index in [1.54, 1.807) is 37.3 Å². The van der Waals surface area contributed by atoms with E-state index in [-0.39, 0.29) is 43.0 Å². The second-order valence-corrected chi connectivity index (χ2v) is 6.34. The van der Waals surface area contributed by atoms with Crippen LogP contribution in [0.4, 0.5) is 5.69 Å². The van der Waals surface area contributed by atoms with Crippen LogP contribution in [0.1, 0.15) is 16.2 Å². The van der Waals surface area contributed by atoms with Crippen molar-refractivity contribution in [2.24, 2.45) is 0 Å². The molecule has 0 atom stereocenters. The highest BCUT2D eigenvalue weighted by Crippen LogP contribution is 2.27. The van der Waals surface area contributed by atoms with Gasteiger partial charge in [-0.2, -0.15) is 4.98 Å². The smallest absolute Gasteiger partial charge is 0.316 e. The van der Waals surface area contributed by atoms with E-state index in [0.717, 1.165) is 0 Å². The number of hydrogen-bond acceptors (Lipinski definition) is 8. The molecular formula is C20H19N5O6. The van der Waals surface area contributed by atoms with Crippen LogP contribution in [-0.4, -0.2) is 46.6 Å². The normalized spacial score (nSPS) is 10.4. The van der Waals surface area contributed by atoms with Gasteiger partial charge in [-0.3, -0.25) is 19.7 Å². The summed E-state index contributed by atoms with van der Waals surface area (Å²) < 4.78 is 10.3. The highest BCUT2D eigenvalue weighted by molar-refractivity contribution is 5.90. The standard InChI is InChI=1S/C20H19N5O6/c1-13-15(8-5-9-16(13)25(28)29)18-23-20(31-24-18)19(27)22-11-10-21-17(26)12-30-14-6-3-2-4-7-14/h2-9H,10-12H2,1H3,(H,21,26)(H,22,27). The minimum absolute atomic E-state index is 0.0673. The fraction of sp³-hybridized carbons (Fsp3) is 0.200. The largest absolute Gasteiger partial charge is 0.484 e. The molecule has 2 amide bonds. The summed E-state index contributed by atoms with van der Waals surface area (Å²) in [5.74, 6) is -0.606.